The number of H-pyrrole nitrogens is 1. The fourth-order valence-corrected chi connectivity index (χ4v) is 2.60. The first-order valence-electron chi connectivity index (χ1n) is 7.26. The summed E-state index contributed by atoms with van der Waals surface area (Å²) in [5, 5.41) is 0.910. The molecule has 0 radical (unpaired) electrons. The van der Waals surface area contributed by atoms with E-state index in [0.29, 0.717) is 13.1 Å². The summed E-state index contributed by atoms with van der Waals surface area (Å²) >= 11 is 0. The van der Waals surface area contributed by atoms with Gasteiger partial charge in [0, 0.05) is 29.4 Å². The number of likely N-dealkylation sites (tertiary alicyclic amines) is 1. The highest BCUT2D eigenvalue weighted by atomic mass is 16.5. The minimum absolute atomic E-state index is 0.0253. The Morgan fingerprint density at radius 3 is 2.91 bits per heavy atom. The topological polar surface area (TPSA) is 80.2 Å². The van der Waals surface area contributed by atoms with Crippen molar-refractivity contribution in [2.24, 2.45) is 0 Å². The number of amides is 1. The highest BCUT2D eigenvalue weighted by molar-refractivity contribution is 5.80. The van der Waals surface area contributed by atoms with Gasteiger partial charge in [0.05, 0.1) is 13.1 Å². The minimum atomic E-state index is -0.126. The van der Waals surface area contributed by atoms with Crippen molar-refractivity contribution in [1.82, 2.24) is 19.4 Å². The molecule has 0 atom stereocenters. The molecule has 1 N–H and O–H groups in total. The molecule has 3 heterocycles. The molecule has 7 heteroatoms. The van der Waals surface area contributed by atoms with Gasteiger partial charge in [-0.2, -0.15) is 0 Å². The molecule has 1 aliphatic rings. The summed E-state index contributed by atoms with van der Waals surface area (Å²) in [6.45, 7) is 1.08. The number of nitrogens with one attached hydrogen (secondary N) is 1. The molecule has 1 aliphatic heterocycles. The zero-order valence-electron chi connectivity index (χ0n) is 12.2. The van der Waals surface area contributed by atoms with Gasteiger partial charge in [-0.05, 0) is 24.3 Å². The Morgan fingerprint density at radius 2 is 2.13 bits per heavy atom. The molecule has 0 bridgehead atoms. The molecule has 116 valence electrons. The molecule has 1 fully saturated rings. The number of imidazole rings is 1. The number of benzene rings is 1. The Hall–Kier alpha value is -3.09. The number of nitrogens with zero attached hydrogens (tertiary/aromatic N) is 3. The number of rotatable bonds is 2. The molecular formula is C16H14N4O3. The molecule has 0 spiro atoms. The summed E-state index contributed by atoms with van der Waals surface area (Å²) in [6, 6.07) is 8.67. The highest BCUT2D eigenvalue weighted by Crippen LogP contribution is 2.22. The van der Waals surface area contributed by atoms with Gasteiger partial charge >= 0.3 is 6.03 Å². The van der Waals surface area contributed by atoms with Crippen molar-refractivity contribution in [1.29, 1.82) is 0 Å². The lowest BCUT2D eigenvalue weighted by molar-refractivity contribution is 0.0450. The highest BCUT2D eigenvalue weighted by Gasteiger charge is 2.32. The van der Waals surface area contributed by atoms with Crippen LogP contribution in [-0.2, 0) is 0 Å². The number of fused-ring (bicyclic) bond motifs is 1. The largest absolute Gasteiger partial charge is 0.487 e. The van der Waals surface area contributed by atoms with E-state index in [2.05, 4.69) is 9.97 Å². The molecule has 1 saturated heterocycles. The molecule has 1 amide bonds. The van der Waals surface area contributed by atoms with Crippen LogP contribution in [0, 0.1) is 0 Å². The lowest BCUT2D eigenvalue weighted by atomic mass is 10.1. The van der Waals surface area contributed by atoms with Crippen molar-refractivity contribution in [3.63, 3.8) is 0 Å². The average Bonchev–Trinajstić information content (AvgIpc) is 3.04. The summed E-state index contributed by atoms with van der Waals surface area (Å²) in [5.41, 5.74) is 0.647. The van der Waals surface area contributed by atoms with E-state index >= 15 is 0 Å². The Balaban J connectivity index is 1.41. The predicted octanol–water partition coefficient (Wildman–Crippen LogP) is 1.46. The van der Waals surface area contributed by atoms with Gasteiger partial charge in [-0.1, -0.05) is 0 Å². The smallest absolute Gasteiger partial charge is 0.329 e. The molecule has 0 saturated carbocycles. The van der Waals surface area contributed by atoms with Crippen LogP contribution in [-0.4, -0.2) is 44.7 Å². The van der Waals surface area contributed by atoms with Crippen LogP contribution in [0.25, 0.3) is 10.9 Å². The average molecular weight is 310 g/mol. The third-order valence-corrected chi connectivity index (χ3v) is 3.84. The number of carbonyl (C=O) groups excluding carboxylic acids is 1. The predicted molar refractivity (Wildman–Crippen MR) is 83.6 cm³/mol. The van der Waals surface area contributed by atoms with E-state index in [4.69, 9.17) is 4.74 Å². The fourth-order valence-electron chi connectivity index (χ4n) is 2.60. The van der Waals surface area contributed by atoms with E-state index in [-0.39, 0.29) is 17.7 Å². The number of hydrogen-bond donors (Lipinski definition) is 1. The second kappa shape index (κ2) is 5.28. The van der Waals surface area contributed by atoms with E-state index in [9.17, 15) is 9.59 Å². The van der Waals surface area contributed by atoms with Gasteiger partial charge in [-0.25, -0.2) is 9.78 Å². The van der Waals surface area contributed by atoms with Gasteiger partial charge in [0.2, 0.25) is 5.56 Å². The van der Waals surface area contributed by atoms with Crippen LogP contribution in [0.2, 0.25) is 0 Å². The van der Waals surface area contributed by atoms with E-state index in [1.807, 2.05) is 18.2 Å². The van der Waals surface area contributed by atoms with Crippen LogP contribution in [0.5, 0.6) is 5.75 Å². The number of pyridine rings is 1. The fraction of sp³-hybridized carbons (Fsp3) is 0.188. The third kappa shape index (κ3) is 2.57. The molecule has 3 aromatic rings. The maximum atomic E-state index is 12.1. The van der Waals surface area contributed by atoms with Crippen molar-refractivity contribution in [3.05, 3.63) is 59.4 Å². The van der Waals surface area contributed by atoms with E-state index in [1.54, 1.807) is 23.4 Å². The molecule has 4 rings (SSSR count). The van der Waals surface area contributed by atoms with Gasteiger partial charge in [0.15, 0.2) is 0 Å². The summed E-state index contributed by atoms with van der Waals surface area (Å²) < 4.78 is 7.32. The second-order valence-electron chi connectivity index (χ2n) is 5.47. The van der Waals surface area contributed by atoms with Gasteiger partial charge in [-0.15, -0.1) is 0 Å². The van der Waals surface area contributed by atoms with Crippen LogP contribution in [0.15, 0.2) is 53.8 Å². The van der Waals surface area contributed by atoms with Crippen LogP contribution in [0.3, 0.4) is 0 Å². The number of aromatic nitrogens is 3. The Kier molecular flexibility index (Phi) is 3.11. The number of ether oxygens (including phenoxy) is 1. The standard InChI is InChI=1S/C16H14N4O3/c21-15-4-1-11-7-12(2-3-14(11)18-15)23-13-8-20(9-13)16(22)19-6-5-17-10-19/h1-7,10,13H,8-9H2,(H,18,21). The first-order valence-corrected chi connectivity index (χ1v) is 7.26. The second-order valence-corrected chi connectivity index (χ2v) is 5.47. The van der Waals surface area contributed by atoms with Crippen molar-refractivity contribution in [3.8, 4) is 5.75 Å². The molecule has 1 aromatic carbocycles. The zero-order valence-corrected chi connectivity index (χ0v) is 12.2. The summed E-state index contributed by atoms with van der Waals surface area (Å²) in [4.78, 5) is 31.6. The third-order valence-electron chi connectivity index (χ3n) is 3.84. The van der Waals surface area contributed by atoms with Gasteiger partial charge < -0.3 is 14.6 Å². The number of carbonyl (C=O) groups is 1. The maximum absolute atomic E-state index is 12.1. The van der Waals surface area contributed by atoms with Crippen molar-refractivity contribution >= 4 is 16.9 Å². The van der Waals surface area contributed by atoms with Crippen molar-refractivity contribution < 1.29 is 9.53 Å². The monoisotopic (exact) mass is 310 g/mol. The summed E-state index contributed by atoms with van der Waals surface area (Å²) in [6.07, 6.45) is 4.66. The molecule has 0 aliphatic carbocycles. The first kappa shape index (κ1) is 13.6. The normalized spacial score (nSPS) is 14.7. The van der Waals surface area contributed by atoms with E-state index in [0.717, 1.165) is 16.7 Å². The van der Waals surface area contributed by atoms with Gasteiger partial charge in [0.25, 0.3) is 0 Å². The molecular weight excluding hydrogens is 296 g/mol. The van der Waals surface area contributed by atoms with Gasteiger partial charge in [-0.3, -0.25) is 9.36 Å². The molecule has 7 nitrogen and oxygen atoms in total. The lowest BCUT2D eigenvalue weighted by Gasteiger charge is -2.38. The Bertz CT molecular complexity index is 910. The van der Waals surface area contributed by atoms with E-state index in [1.165, 1.54) is 17.0 Å². The number of hydrogen-bond acceptors (Lipinski definition) is 4. The Morgan fingerprint density at radius 1 is 1.26 bits per heavy atom. The Labute approximate surface area is 131 Å². The molecule has 23 heavy (non-hydrogen) atoms. The summed E-state index contributed by atoms with van der Waals surface area (Å²) in [7, 11) is 0. The van der Waals surface area contributed by atoms with Crippen LogP contribution < -0.4 is 10.3 Å². The SMILES string of the molecule is O=C(N1CC(Oc2ccc3[nH]c(=O)ccc3c2)C1)n1ccnc1. The van der Waals surface area contributed by atoms with Crippen LogP contribution in [0.1, 0.15) is 0 Å². The minimum Gasteiger partial charge on any atom is -0.487 e. The van der Waals surface area contributed by atoms with Crippen molar-refractivity contribution in [2.45, 2.75) is 6.10 Å². The maximum Gasteiger partial charge on any atom is 0.329 e. The molecule has 0 unspecified atom stereocenters. The zero-order chi connectivity index (χ0) is 15.8. The van der Waals surface area contributed by atoms with E-state index < -0.39 is 0 Å². The van der Waals surface area contributed by atoms with Crippen molar-refractivity contribution in [2.75, 3.05) is 13.1 Å². The molecule has 2 aromatic heterocycles. The first-order chi connectivity index (χ1) is 11.2. The number of aromatic amines is 1. The summed E-state index contributed by atoms with van der Waals surface area (Å²) in [5.74, 6) is 0.726. The lowest BCUT2D eigenvalue weighted by Crippen LogP contribution is -2.57. The quantitative estimate of drug-likeness (QED) is 0.777. The van der Waals surface area contributed by atoms with Crippen LogP contribution in [0.4, 0.5) is 4.79 Å². The van der Waals surface area contributed by atoms with Crippen LogP contribution >= 0.6 is 0 Å². The van der Waals surface area contributed by atoms with Gasteiger partial charge in [0.1, 0.15) is 18.2 Å².